The first kappa shape index (κ1) is 21.5. The number of ether oxygens (including phenoxy) is 3. The molecule has 2 aromatic carbocycles. The van der Waals surface area contributed by atoms with Gasteiger partial charge in [-0.15, -0.1) is 10.2 Å². The van der Waals surface area contributed by atoms with Crippen LogP contribution in [-0.2, 0) is 18.4 Å². The molecule has 158 valence electrons. The van der Waals surface area contributed by atoms with Crippen molar-refractivity contribution >= 4 is 23.4 Å². The molecule has 0 aliphatic heterocycles. The number of aromatic nitrogens is 3. The van der Waals surface area contributed by atoms with Gasteiger partial charge in [0.15, 0.2) is 11.0 Å². The Hall–Kier alpha value is -3.20. The van der Waals surface area contributed by atoms with Crippen molar-refractivity contribution < 1.29 is 19.0 Å². The van der Waals surface area contributed by atoms with Crippen LogP contribution in [0.15, 0.2) is 53.7 Å². The molecule has 0 bridgehead atoms. The number of hydrogen-bond acceptors (Lipinski definition) is 7. The molecule has 1 N–H and O–H groups in total. The second kappa shape index (κ2) is 10.5. The Morgan fingerprint density at radius 1 is 1.07 bits per heavy atom. The van der Waals surface area contributed by atoms with E-state index in [0.717, 1.165) is 17.2 Å². The molecular formula is C21H24N4O4S. The first-order valence-electron chi connectivity index (χ1n) is 9.39. The van der Waals surface area contributed by atoms with E-state index in [0.29, 0.717) is 23.3 Å². The zero-order valence-corrected chi connectivity index (χ0v) is 17.9. The summed E-state index contributed by atoms with van der Waals surface area (Å²) in [4.78, 5) is 12.2. The fraction of sp³-hybridized carbons (Fsp3) is 0.286. The fourth-order valence-electron chi connectivity index (χ4n) is 2.56. The molecule has 1 amide bonds. The maximum Gasteiger partial charge on any atom is 0.234 e. The van der Waals surface area contributed by atoms with Crippen LogP contribution in [0.2, 0.25) is 0 Å². The van der Waals surface area contributed by atoms with Gasteiger partial charge < -0.3 is 24.1 Å². The maximum absolute atomic E-state index is 12.2. The highest BCUT2D eigenvalue weighted by molar-refractivity contribution is 7.99. The number of anilines is 1. The van der Waals surface area contributed by atoms with Gasteiger partial charge in [-0.2, -0.15) is 0 Å². The SMILES string of the molecule is CCOc1ccc(NC(=O)CSc2nnc(COc3cccc(OC)c3)n2C)cc1. The Labute approximate surface area is 179 Å². The van der Waals surface area contributed by atoms with Gasteiger partial charge in [-0.1, -0.05) is 17.8 Å². The molecule has 9 heteroatoms. The number of thioether (sulfide) groups is 1. The smallest absolute Gasteiger partial charge is 0.234 e. The number of amides is 1. The van der Waals surface area contributed by atoms with E-state index in [1.807, 2.05) is 61.0 Å². The van der Waals surface area contributed by atoms with Gasteiger partial charge in [0, 0.05) is 18.8 Å². The lowest BCUT2D eigenvalue weighted by Crippen LogP contribution is -2.14. The number of carbonyl (C=O) groups excluding carboxylic acids is 1. The standard InChI is InChI=1S/C21H24N4O4S/c1-4-28-16-10-8-15(9-11-16)22-20(26)14-30-21-24-23-19(25(21)2)13-29-18-7-5-6-17(12-18)27-3/h5-12H,4,13-14H2,1-3H3,(H,22,26). The molecule has 0 saturated heterocycles. The van der Waals surface area contributed by atoms with Gasteiger partial charge in [-0.25, -0.2) is 0 Å². The minimum absolute atomic E-state index is 0.124. The molecule has 3 rings (SSSR count). The maximum atomic E-state index is 12.2. The van der Waals surface area contributed by atoms with E-state index in [2.05, 4.69) is 15.5 Å². The third-order valence-corrected chi connectivity index (χ3v) is 5.14. The zero-order valence-electron chi connectivity index (χ0n) is 17.1. The first-order chi connectivity index (χ1) is 14.6. The second-order valence-corrected chi connectivity index (χ2v) is 7.16. The van der Waals surface area contributed by atoms with Crippen LogP contribution in [0.3, 0.4) is 0 Å². The molecule has 0 fully saturated rings. The summed E-state index contributed by atoms with van der Waals surface area (Å²) < 4.78 is 18.2. The highest BCUT2D eigenvalue weighted by Gasteiger charge is 2.12. The minimum atomic E-state index is -0.124. The Balaban J connectivity index is 1.50. The third kappa shape index (κ3) is 5.90. The molecule has 1 aromatic heterocycles. The Morgan fingerprint density at radius 2 is 1.83 bits per heavy atom. The number of hydrogen-bond donors (Lipinski definition) is 1. The summed E-state index contributed by atoms with van der Waals surface area (Å²) in [6.45, 7) is 2.79. The quantitative estimate of drug-likeness (QED) is 0.494. The molecule has 8 nitrogen and oxygen atoms in total. The van der Waals surface area contributed by atoms with Gasteiger partial charge in [0.25, 0.3) is 0 Å². The Bertz CT molecular complexity index is 975. The van der Waals surface area contributed by atoms with Crippen molar-refractivity contribution in [3.05, 3.63) is 54.4 Å². The average Bonchev–Trinajstić information content (AvgIpc) is 3.12. The van der Waals surface area contributed by atoms with Crippen LogP contribution >= 0.6 is 11.8 Å². The normalized spacial score (nSPS) is 10.5. The fourth-order valence-corrected chi connectivity index (χ4v) is 3.29. The third-order valence-electron chi connectivity index (χ3n) is 4.12. The number of nitrogens with one attached hydrogen (secondary N) is 1. The van der Waals surface area contributed by atoms with E-state index in [9.17, 15) is 4.79 Å². The van der Waals surface area contributed by atoms with Crippen LogP contribution in [0.4, 0.5) is 5.69 Å². The van der Waals surface area contributed by atoms with Crippen molar-refractivity contribution in [2.75, 3.05) is 24.8 Å². The van der Waals surface area contributed by atoms with Crippen molar-refractivity contribution in [3.63, 3.8) is 0 Å². The summed E-state index contributed by atoms with van der Waals surface area (Å²) in [5.74, 6) is 2.93. The predicted octanol–water partition coefficient (Wildman–Crippen LogP) is 3.53. The topological polar surface area (TPSA) is 87.5 Å². The Morgan fingerprint density at radius 3 is 2.57 bits per heavy atom. The molecule has 0 radical (unpaired) electrons. The van der Waals surface area contributed by atoms with Gasteiger partial charge in [-0.3, -0.25) is 4.79 Å². The van der Waals surface area contributed by atoms with E-state index >= 15 is 0 Å². The summed E-state index contributed by atoms with van der Waals surface area (Å²) in [6, 6.07) is 14.6. The predicted molar refractivity (Wildman–Crippen MR) is 115 cm³/mol. The molecule has 0 aliphatic rings. The molecule has 3 aromatic rings. The largest absolute Gasteiger partial charge is 0.497 e. The van der Waals surface area contributed by atoms with Crippen molar-refractivity contribution in [2.45, 2.75) is 18.7 Å². The van der Waals surface area contributed by atoms with Crippen LogP contribution in [0.1, 0.15) is 12.7 Å². The number of nitrogens with zero attached hydrogens (tertiary/aromatic N) is 3. The molecular weight excluding hydrogens is 404 g/mol. The van der Waals surface area contributed by atoms with Crippen molar-refractivity contribution in [1.82, 2.24) is 14.8 Å². The highest BCUT2D eigenvalue weighted by atomic mass is 32.2. The van der Waals surface area contributed by atoms with Crippen molar-refractivity contribution in [1.29, 1.82) is 0 Å². The van der Waals surface area contributed by atoms with E-state index in [1.165, 1.54) is 11.8 Å². The van der Waals surface area contributed by atoms with Gasteiger partial charge in [0.2, 0.25) is 5.91 Å². The molecule has 1 heterocycles. The molecule has 0 atom stereocenters. The van der Waals surface area contributed by atoms with E-state index in [-0.39, 0.29) is 18.3 Å². The van der Waals surface area contributed by atoms with Gasteiger partial charge >= 0.3 is 0 Å². The molecule has 0 spiro atoms. The first-order valence-corrected chi connectivity index (χ1v) is 10.4. The minimum Gasteiger partial charge on any atom is -0.497 e. The number of benzene rings is 2. The average molecular weight is 429 g/mol. The lowest BCUT2D eigenvalue weighted by Gasteiger charge is -2.08. The molecule has 30 heavy (non-hydrogen) atoms. The van der Waals surface area contributed by atoms with Crippen LogP contribution in [0, 0.1) is 0 Å². The molecule has 0 aliphatic carbocycles. The summed E-state index contributed by atoms with van der Waals surface area (Å²) in [5, 5.41) is 11.8. The lowest BCUT2D eigenvalue weighted by atomic mass is 10.3. The second-order valence-electron chi connectivity index (χ2n) is 6.22. The van der Waals surface area contributed by atoms with Crippen LogP contribution < -0.4 is 19.5 Å². The van der Waals surface area contributed by atoms with Crippen molar-refractivity contribution in [2.24, 2.45) is 7.05 Å². The van der Waals surface area contributed by atoms with Crippen molar-refractivity contribution in [3.8, 4) is 17.2 Å². The lowest BCUT2D eigenvalue weighted by molar-refractivity contribution is -0.113. The van der Waals surface area contributed by atoms with E-state index in [4.69, 9.17) is 14.2 Å². The van der Waals surface area contributed by atoms with Crippen LogP contribution in [-0.4, -0.2) is 40.1 Å². The summed E-state index contributed by atoms with van der Waals surface area (Å²) in [5.41, 5.74) is 0.717. The van der Waals surface area contributed by atoms with Gasteiger partial charge in [-0.05, 0) is 43.3 Å². The summed E-state index contributed by atoms with van der Waals surface area (Å²) in [6.07, 6.45) is 0. The highest BCUT2D eigenvalue weighted by Crippen LogP contribution is 2.21. The summed E-state index contributed by atoms with van der Waals surface area (Å²) >= 11 is 1.31. The number of carbonyl (C=O) groups is 1. The summed E-state index contributed by atoms with van der Waals surface area (Å²) in [7, 11) is 3.45. The monoisotopic (exact) mass is 428 g/mol. The van der Waals surface area contributed by atoms with Crippen LogP contribution in [0.25, 0.3) is 0 Å². The molecule has 0 saturated carbocycles. The Kier molecular flexibility index (Phi) is 7.56. The van der Waals surface area contributed by atoms with Gasteiger partial charge in [0.1, 0.15) is 23.9 Å². The number of rotatable bonds is 10. The van der Waals surface area contributed by atoms with Gasteiger partial charge in [0.05, 0.1) is 19.5 Å². The van der Waals surface area contributed by atoms with Crippen LogP contribution in [0.5, 0.6) is 17.2 Å². The van der Waals surface area contributed by atoms with E-state index < -0.39 is 0 Å². The number of methoxy groups -OCH3 is 1. The zero-order chi connectivity index (χ0) is 21.3. The van der Waals surface area contributed by atoms with E-state index in [1.54, 1.807) is 13.2 Å². The molecule has 0 unspecified atom stereocenters.